The summed E-state index contributed by atoms with van der Waals surface area (Å²) >= 11 is 0. The molecule has 2 aromatic heterocycles. The molecule has 0 aliphatic rings. The second-order valence-corrected chi connectivity index (χ2v) is 6.88. The van der Waals surface area contributed by atoms with Gasteiger partial charge in [-0.15, -0.1) is 12.6 Å². The van der Waals surface area contributed by atoms with Gasteiger partial charge in [0.25, 0.3) is 0 Å². The maximum atomic E-state index is 12.4. The van der Waals surface area contributed by atoms with E-state index < -0.39 is 0 Å². The van der Waals surface area contributed by atoms with Crippen LogP contribution < -0.4 is 22.5 Å². The van der Waals surface area contributed by atoms with Gasteiger partial charge in [0.05, 0.1) is 5.69 Å². The van der Waals surface area contributed by atoms with Crippen molar-refractivity contribution in [3.8, 4) is 5.69 Å². The molecule has 0 fully saturated rings. The topological polar surface area (TPSA) is 127 Å². The zero-order valence-electron chi connectivity index (χ0n) is 16.9. The number of hydrogen-bond acceptors (Lipinski definition) is 4. The summed E-state index contributed by atoms with van der Waals surface area (Å²) in [6, 6.07) is 10.2. The van der Waals surface area contributed by atoms with Gasteiger partial charge in [-0.3, -0.25) is 9.56 Å². The Morgan fingerprint density at radius 2 is 2.10 bits per heavy atom. The van der Waals surface area contributed by atoms with E-state index in [1.807, 2.05) is 49.9 Å². The fraction of sp³-hybridized carbons (Fsp3) is 0.333. The van der Waals surface area contributed by atoms with Gasteiger partial charge in [-0.05, 0) is 42.5 Å². The molecule has 0 aliphatic heterocycles. The molecule has 0 aliphatic carbocycles. The summed E-state index contributed by atoms with van der Waals surface area (Å²) < 4.78 is 1.57. The van der Waals surface area contributed by atoms with Gasteiger partial charge >= 0.3 is 5.69 Å². The molecule has 6 N–H and O–H groups in total. The first-order valence-corrected chi connectivity index (χ1v) is 9.82. The number of aromatic amines is 1. The van der Waals surface area contributed by atoms with Crippen LogP contribution in [0.3, 0.4) is 0 Å². The monoisotopic (exact) mass is 394 g/mol. The van der Waals surface area contributed by atoms with Crippen molar-refractivity contribution in [3.63, 3.8) is 0 Å². The fourth-order valence-corrected chi connectivity index (χ4v) is 3.28. The summed E-state index contributed by atoms with van der Waals surface area (Å²) in [6.45, 7) is 5.51. The molecule has 29 heavy (non-hydrogen) atoms. The lowest BCUT2D eigenvalue weighted by Crippen LogP contribution is -2.25. The largest absolute Gasteiger partial charge is 0.375 e. The molecule has 1 atom stereocenters. The van der Waals surface area contributed by atoms with Gasteiger partial charge in [-0.25, -0.2) is 11.2 Å². The van der Waals surface area contributed by atoms with E-state index in [2.05, 4.69) is 27.2 Å². The highest BCUT2D eigenvalue weighted by Crippen LogP contribution is 2.19. The number of aromatic nitrogens is 3. The first-order valence-electron chi connectivity index (χ1n) is 9.82. The second-order valence-electron chi connectivity index (χ2n) is 6.88. The first-order chi connectivity index (χ1) is 14.0. The molecule has 3 aromatic rings. The minimum atomic E-state index is -0.306. The fourth-order valence-electron chi connectivity index (χ4n) is 3.28. The van der Waals surface area contributed by atoms with E-state index in [4.69, 9.17) is 11.5 Å². The maximum Gasteiger partial charge on any atom is 0.354 e. The number of nitrogens with two attached hydrogens (primary N) is 2. The predicted octanol–water partition coefficient (Wildman–Crippen LogP) is 1.99. The number of hydrogen-bond donors (Lipinski definition) is 4. The van der Waals surface area contributed by atoms with Gasteiger partial charge in [0.15, 0.2) is 5.96 Å². The van der Waals surface area contributed by atoms with E-state index in [1.165, 1.54) is 5.56 Å². The molecule has 0 saturated carbocycles. The molecule has 8 heteroatoms. The van der Waals surface area contributed by atoms with Crippen molar-refractivity contribution >= 4 is 17.0 Å². The number of aliphatic imine (C=N–C) groups is 1. The molecule has 154 valence electrons. The summed E-state index contributed by atoms with van der Waals surface area (Å²) in [4.78, 5) is 23.7. The Labute approximate surface area is 170 Å². The molecular weight excluding hydrogens is 366 g/mol. The number of H-pyrrole nitrogens is 1. The lowest BCUT2D eigenvalue weighted by Gasteiger charge is -2.18. The van der Waals surface area contributed by atoms with Crippen LogP contribution in [0.25, 0.3) is 16.7 Å². The third-order valence-corrected chi connectivity index (χ3v) is 4.84. The molecule has 1 unspecified atom stereocenters. The van der Waals surface area contributed by atoms with E-state index in [0.29, 0.717) is 12.2 Å². The average Bonchev–Trinajstić information content (AvgIpc) is 3.12. The minimum absolute atomic E-state index is 0.124. The van der Waals surface area contributed by atoms with Crippen molar-refractivity contribution in [1.82, 2.24) is 19.9 Å². The van der Waals surface area contributed by atoms with Crippen LogP contribution in [0.15, 0.2) is 46.3 Å². The Morgan fingerprint density at radius 3 is 2.76 bits per heavy atom. The number of fused-ring (bicyclic) bond motifs is 1. The van der Waals surface area contributed by atoms with Crippen LogP contribution >= 0.6 is 0 Å². The summed E-state index contributed by atoms with van der Waals surface area (Å²) in [6.07, 6.45) is 5.58. The van der Waals surface area contributed by atoms with Crippen molar-refractivity contribution in [2.45, 2.75) is 32.7 Å². The molecule has 0 spiro atoms. The summed E-state index contributed by atoms with van der Waals surface area (Å²) in [5.74, 6) is 0.124. The summed E-state index contributed by atoms with van der Waals surface area (Å²) in [5.41, 5.74) is 13.9. The van der Waals surface area contributed by atoms with Crippen molar-refractivity contribution in [2.24, 2.45) is 16.5 Å². The summed E-state index contributed by atoms with van der Waals surface area (Å²) in [7, 11) is 0. The Balaban J connectivity index is 1.73. The minimum Gasteiger partial charge on any atom is -0.375 e. The molecule has 8 nitrogen and oxygen atoms in total. The van der Waals surface area contributed by atoms with Gasteiger partial charge in [-0.2, -0.15) is 11.1 Å². The van der Waals surface area contributed by atoms with Crippen molar-refractivity contribution in [1.29, 1.82) is 0 Å². The van der Waals surface area contributed by atoms with E-state index in [0.717, 1.165) is 36.2 Å². The number of nitrogens with zero attached hydrogens (tertiary/aromatic N) is 3. The van der Waals surface area contributed by atoms with Crippen LogP contribution in [0, 0.1) is 6.42 Å². The van der Waals surface area contributed by atoms with E-state index in [1.54, 1.807) is 4.57 Å². The molecule has 0 saturated heterocycles. The van der Waals surface area contributed by atoms with E-state index in [9.17, 15) is 4.79 Å². The lowest BCUT2D eigenvalue weighted by molar-refractivity contribution is 0.513. The molecule has 1 aromatic carbocycles. The van der Waals surface area contributed by atoms with Gasteiger partial charge in [0.2, 0.25) is 0 Å². The van der Waals surface area contributed by atoms with Gasteiger partial charge < -0.3 is 21.8 Å². The highest BCUT2D eigenvalue weighted by molar-refractivity contribution is 5.76. The Morgan fingerprint density at radius 1 is 1.34 bits per heavy atom. The number of rotatable bonds is 9. The second kappa shape index (κ2) is 9.29. The molecule has 0 bridgehead atoms. The van der Waals surface area contributed by atoms with E-state index >= 15 is 0 Å². The Hall–Kier alpha value is -3.26. The van der Waals surface area contributed by atoms with Crippen LogP contribution in [-0.4, -0.2) is 33.6 Å². The van der Waals surface area contributed by atoms with Crippen LogP contribution in [-0.2, 0) is 0 Å². The smallest absolute Gasteiger partial charge is 0.354 e. The van der Waals surface area contributed by atoms with Crippen LogP contribution in [0.1, 0.15) is 44.0 Å². The molecular formula is C21H28N7O-. The molecule has 0 radical (unpaired) electrons. The van der Waals surface area contributed by atoms with Gasteiger partial charge in [-0.1, -0.05) is 19.1 Å². The highest BCUT2D eigenvalue weighted by Gasteiger charge is 2.09. The van der Waals surface area contributed by atoms with Crippen LogP contribution in [0.4, 0.5) is 0 Å². The van der Waals surface area contributed by atoms with Crippen molar-refractivity contribution in [2.75, 3.05) is 13.1 Å². The van der Waals surface area contributed by atoms with Crippen molar-refractivity contribution in [3.05, 3.63) is 64.7 Å². The first kappa shape index (κ1) is 20.5. The third-order valence-electron chi connectivity index (χ3n) is 4.84. The van der Waals surface area contributed by atoms with E-state index in [-0.39, 0.29) is 17.7 Å². The Kier molecular flexibility index (Phi) is 6.56. The zero-order valence-corrected chi connectivity index (χ0v) is 16.9. The normalized spacial score (nSPS) is 12.1. The molecule has 3 rings (SSSR count). The Bertz CT molecular complexity index is 1030. The lowest BCUT2D eigenvalue weighted by atomic mass is 10.0. The van der Waals surface area contributed by atoms with Crippen molar-refractivity contribution < 1.29 is 0 Å². The van der Waals surface area contributed by atoms with Gasteiger partial charge in [0.1, 0.15) is 5.65 Å². The van der Waals surface area contributed by atoms with Crippen LogP contribution in [0.2, 0.25) is 0 Å². The average molecular weight is 395 g/mol. The maximum absolute atomic E-state index is 12.4. The SMILES string of the molecule is C[CH-]c1cc2cn(-c3ccc(C(CC)NCCCN=C(N)N)cc3)c(=O)nc2[nH]1. The third kappa shape index (κ3) is 4.97. The van der Waals surface area contributed by atoms with Crippen LogP contribution in [0.5, 0.6) is 0 Å². The number of nitrogens with one attached hydrogen (secondary N) is 2. The predicted molar refractivity (Wildman–Crippen MR) is 117 cm³/mol. The highest BCUT2D eigenvalue weighted by atomic mass is 16.1. The number of benzene rings is 1. The zero-order chi connectivity index (χ0) is 20.8. The summed E-state index contributed by atoms with van der Waals surface area (Å²) in [5, 5.41) is 4.42. The quantitative estimate of drug-likeness (QED) is 0.191. The molecule has 0 amide bonds. The molecule has 2 heterocycles. The standard InChI is InChI=1S/C21H28N7O/c1-3-16-12-15-13-28(21(29)27-19(15)26-16)17-8-6-14(7-9-17)18(4-2)24-10-5-11-25-20(22)23/h3,6-9,12-13,18,24H,4-5,10-11H2,1-2H3,(H4,22,23,25)(H,26,27,29)/q-1. The number of guanidine groups is 1. The van der Waals surface area contributed by atoms with Gasteiger partial charge in [0, 0.05) is 18.8 Å².